The smallest absolute Gasteiger partial charge is 0.269 e. The lowest BCUT2D eigenvalue weighted by atomic mass is 10.1. The molecule has 0 radical (unpaired) electrons. The van der Waals surface area contributed by atoms with Crippen LogP contribution in [0.1, 0.15) is 35.7 Å². The predicted molar refractivity (Wildman–Crippen MR) is 88.9 cm³/mol. The Labute approximate surface area is 144 Å². The number of benzene rings is 1. The first-order valence-electron chi connectivity index (χ1n) is 8.02. The minimum absolute atomic E-state index is 0.171. The fourth-order valence-electron chi connectivity index (χ4n) is 2.47. The van der Waals surface area contributed by atoms with Gasteiger partial charge in [-0.1, -0.05) is 12.1 Å². The largest absolute Gasteiger partial charge is 0.497 e. The van der Waals surface area contributed by atoms with Crippen LogP contribution >= 0.6 is 0 Å². The van der Waals surface area contributed by atoms with Gasteiger partial charge in [0, 0.05) is 12.3 Å². The third kappa shape index (κ3) is 4.41. The normalized spacial score (nSPS) is 14.0. The number of hydrogen-bond acceptors (Lipinski definition) is 5. The Hall–Kier alpha value is -2.75. The number of halogens is 2. The molecular formula is C18H18F2N4O. The van der Waals surface area contributed by atoms with E-state index < -0.39 is 18.9 Å². The molecule has 1 heterocycles. The maximum atomic E-state index is 14.3. The highest BCUT2D eigenvalue weighted by molar-refractivity contribution is 5.51. The molecule has 1 aliphatic carbocycles. The fourth-order valence-corrected chi connectivity index (χ4v) is 2.47. The van der Waals surface area contributed by atoms with Crippen LogP contribution in [0.25, 0.3) is 0 Å². The number of nitrogens with zero attached hydrogens (tertiary/aromatic N) is 3. The van der Waals surface area contributed by atoms with E-state index in [2.05, 4.69) is 15.3 Å². The number of alkyl halides is 2. The van der Waals surface area contributed by atoms with Crippen LogP contribution in [0.5, 0.6) is 5.75 Å². The Balaban J connectivity index is 1.66. The van der Waals surface area contributed by atoms with Crippen molar-refractivity contribution in [1.82, 2.24) is 9.97 Å². The van der Waals surface area contributed by atoms with E-state index in [0.29, 0.717) is 17.1 Å². The SMILES string of the molecule is COc1ccc(CC(F)(F)CNc2nc(C3CC3)ncc2C#N)cc1. The van der Waals surface area contributed by atoms with Gasteiger partial charge in [0.1, 0.15) is 29.0 Å². The molecule has 25 heavy (non-hydrogen) atoms. The number of hydrogen-bond donors (Lipinski definition) is 1. The summed E-state index contributed by atoms with van der Waals surface area (Å²) in [6.07, 6.45) is 2.98. The van der Waals surface area contributed by atoms with Crippen molar-refractivity contribution >= 4 is 5.82 Å². The highest BCUT2D eigenvalue weighted by atomic mass is 19.3. The Morgan fingerprint density at radius 3 is 2.64 bits per heavy atom. The molecule has 0 saturated heterocycles. The van der Waals surface area contributed by atoms with Gasteiger partial charge in [0.2, 0.25) is 0 Å². The lowest BCUT2D eigenvalue weighted by Gasteiger charge is -2.18. The van der Waals surface area contributed by atoms with Crippen molar-refractivity contribution in [2.45, 2.75) is 31.1 Å². The number of rotatable bonds is 7. The summed E-state index contributed by atoms with van der Waals surface area (Å²) in [6, 6.07) is 8.47. The first kappa shape index (κ1) is 17.1. The molecule has 0 amide bonds. The minimum Gasteiger partial charge on any atom is -0.497 e. The van der Waals surface area contributed by atoms with Gasteiger partial charge < -0.3 is 10.1 Å². The summed E-state index contributed by atoms with van der Waals surface area (Å²) in [4.78, 5) is 8.37. The lowest BCUT2D eigenvalue weighted by Crippen LogP contribution is -2.30. The van der Waals surface area contributed by atoms with Gasteiger partial charge in [0.25, 0.3) is 5.92 Å². The average Bonchev–Trinajstić information content (AvgIpc) is 3.45. The van der Waals surface area contributed by atoms with E-state index >= 15 is 0 Å². The van der Waals surface area contributed by atoms with Gasteiger partial charge >= 0.3 is 0 Å². The highest BCUT2D eigenvalue weighted by Gasteiger charge is 2.31. The third-order valence-electron chi connectivity index (χ3n) is 4.01. The van der Waals surface area contributed by atoms with Gasteiger partial charge in [0.05, 0.1) is 19.9 Å². The molecular weight excluding hydrogens is 326 g/mol. The summed E-state index contributed by atoms with van der Waals surface area (Å²) in [6.45, 7) is -0.602. The number of methoxy groups -OCH3 is 1. The van der Waals surface area contributed by atoms with E-state index in [1.165, 1.54) is 13.3 Å². The highest BCUT2D eigenvalue weighted by Crippen LogP contribution is 2.38. The van der Waals surface area contributed by atoms with Gasteiger partial charge in [-0.2, -0.15) is 5.26 Å². The zero-order valence-corrected chi connectivity index (χ0v) is 13.8. The number of nitrogens with one attached hydrogen (secondary N) is 1. The molecule has 0 unspecified atom stereocenters. The maximum absolute atomic E-state index is 14.3. The van der Waals surface area contributed by atoms with Crippen LogP contribution in [0.3, 0.4) is 0 Å². The van der Waals surface area contributed by atoms with Crippen molar-refractivity contribution < 1.29 is 13.5 Å². The van der Waals surface area contributed by atoms with Gasteiger partial charge in [-0.05, 0) is 30.5 Å². The molecule has 1 N–H and O–H groups in total. The van der Waals surface area contributed by atoms with Crippen LogP contribution in [0.4, 0.5) is 14.6 Å². The Morgan fingerprint density at radius 1 is 1.32 bits per heavy atom. The third-order valence-corrected chi connectivity index (χ3v) is 4.01. The molecule has 1 saturated carbocycles. The van der Waals surface area contributed by atoms with E-state index in [9.17, 15) is 8.78 Å². The van der Waals surface area contributed by atoms with Gasteiger partial charge in [-0.25, -0.2) is 18.7 Å². The molecule has 0 aliphatic heterocycles. The van der Waals surface area contributed by atoms with E-state index in [1.54, 1.807) is 24.3 Å². The Kier molecular flexibility index (Phi) is 4.79. The summed E-state index contributed by atoms with van der Waals surface area (Å²) in [5.41, 5.74) is 0.680. The average molecular weight is 344 g/mol. The molecule has 1 aromatic carbocycles. The second-order valence-electron chi connectivity index (χ2n) is 6.11. The van der Waals surface area contributed by atoms with Crippen molar-refractivity contribution in [3.63, 3.8) is 0 Å². The van der Waals surface area contributed by atoms with Gasteiger partial charge in [-0.3, -0.25) is 0 Å². The zero-order chi connectivity index (χ0) is 17.9. The molecule has 0 spiro atoms. The van der Waals surface area contributed by atoms with Crippen molar-refractivity contribution in [2.75, 3.05) is 19.0 Å². The van der Waals surface area contributed by atoms with Crippen molar-refractivity contribution in [3.05, 3.63) is 47.4 Å². The zero-order valence-electron chi connectivity index (χ0n) is 13.8. The summed E-state index contributed by atoms with van der Waals surface area (Å²) in [7, 11) is 1.53. The van der Waals surface area contributed by atoms with Crippen LogP contribution in [0.2, 0.25) is 0 Å². The molecule has 0 atom stereocenters. The first-order chi connectivity index (χ1) is 12.0. The molecule has 7 heteroatoms. The predicted octanol–water partition coefficient (Wildman–Crippen LogP) is 3.52. The number of aromatic nitrogens is 2. The summed E-state index contributed by atoms with van der Waals surface area (Å²) >= 11 is 0. The number of nitriles is 1. The van der Waals surface area contributed by atoms with Crippen LogP contribution < -0.4 is 10.1 Å². The van der Waals surface area contributed by atoms with Crippen LogP contribution in [-0.4, -0.2) is 29.5 Å². The molecule has 1 aliphatic rings. The molecule has 1 fully saturated rings. The van der Waals surface area contributed by atoms with E-state index in [4.69, 9.17) is 10.00 Å². The van der Waals surface area contributed by atoms with E-state index in [1.807, 2.05) is 6.07 Å². The summed E-state index contributed by atoms with van der Waals surface area (Å²) in [5, 5.41) is 11.7. The number of ether oxygens (including phenoxy) is 1. The topological polar surface area (TPSA) is 70.8 Å². The van der Waals surface area contributed by atoms with Crippen LogP contribution in [0, 0.1) is 11.3 Å². The maximum Gasteiger partial charge on any atom is 0.269 e. The first-order valence-corrected chi connectivity index (χ1v) is 8.02. The van der Waals surface area contributed by atoms with Gasteiger partial charge in [-0.15, -0.1) is 0 Å². The quantitative estimate of drug-likeness (QED) is 0.832. The van der Waals surface area contributed by atoms with Crippen molar-refractivity contribution in [3.8, 4) is 11.8 Å². The van der Waals surface area contributed by atoms with Gasteiger partial charge in [0.15, 0.2) is 0 Å². The Morgan fingerprint density at radius 2 is 2.04 bits per heavy atom. The minimum atomic E-state index is -2.98. The standard InChI is InChI=1S/C18H18F2N4O/c1-25-15-6-2-12(3-7-15)8-18(19,20)11-23-17-14(9-21)10-22-16(24-17)13-4-5-13/h2-3,6-7,10,13H,4-5,8,11H2,1H3,(H,22,23,24). The molecule has 3 rings (SSSR count). The van der Waals surface area contributed by atoms with Crippen LogP contribution in [-0.2, 0) is 6.42 Å². The molecule has 0 bridgehead atoms. The lowest BCUT2D eigenvalue weighted by molar-refractivity contribution is 0.0159. The van der Waals surface area contributed by atoms with Crippen molar-refractivity contribution in [1.29, 1.82) is 5.26 Å². The molecule has 2 aromatic rings. The molecule has 130 valence electrons. The summed E-state index contributed by atoms with van der Waals surface area (Å²) in [5.74, 6) is -1.29. The second-order valence-corrected chi connectivity index (χ2v) is 6.11. The van der Waals surface area contributed by atoms with E-state index in [0.717, 1.165) is 12.8 Å². The van der Waals surface area contributed by atoms with Crippen molar-refractivity contribution in [2.24, 2.45) is 0 Å². The molecule has 1 aromatic heterocycles. The monoisotopic (exact) mass is 344 g/mol. The van der Waals surface area contributed by atoms with E-state index in [-0.39, 0.29) is 17.3 Å². The summed E-state index contributed by atoms with van der Waals surface area (Å²) < 4.78 is 33.6. The molecule has 5 nitrogen and oxygen atoms in total. The van der Waals surface area contributed by atoms with Crippen LogP contribution in [0.15, 0.2) is 30.5 Å². The fraction of sp³-hybridized carbons (Fsp3) is 0.389. The second kappa shape index (κ2) is 7.01. The number of anilines is 1. The Bertz CT molecular complexity index is 783.